The SMILES string of the molecule is CSc1nc(C)[nH]c(=O)n1. The Morgan fingerprint density at radius 3 is 2.70 bits per heavy atom. The Bertz CT molecular complexity index is 282. The standard InChI is InChI=1S/C5H7N3OS/c1-3-6-4(9)8-5(7-3)10-2/h1-2H3,(H,6,7,8,9). The molecule has 0 saturated carbocycles. The molecular weight excluding hydrogens is 150 g/mol. The van der Waals surface area contributed by atoms with Gasteiger partial charge in [-0.2, -0.15) is 4.98 Å². The molecule has 0 atom stereocenters. The average molecular weight is 157 g/mol. The van der Waals surface area contributed by atoms with Gasteiger partial charge in [-0.05, 0) is 13.2 Å². The summed E-state index contributed by atoms with van der Waals surface area (Å²) >= 11 is 1.35. The Morgan fingerprint density at radius 2 is 2.20 bits per heavy atom. The molecule has 0 aromatic carbocycles. The van der Waals surface area contributed by atoms with Gasteiger partial charge >= 0.3 is 5.69 Å². The molecule has 0 unspecified atom stereocenters. The number of rotatable bonds is 1. The van der Waals surface area contributed by atoms with Crippen molar-refractivity contribution in [2.45, 2.75) is 12.1 Å². The number of aromatic nitrogens is 3. The van der Waals surface area contributed by atoms with E-state index in [0.29, 0.717) is 11.0 Å². The number of nitrogens with zero attached hydrogens (tertiary/aromatic N) is 2. The Kier molecular flexibility index (Phi) is 2.06. The van der Waals surface area contributed by atoms with Gasteiger partial charge in [0.15, 0.2) is 5.16 Å². The van der Waals surface area contributed by atoms with Crippen molar-refractivity contribution in [3.63, 3.8) is 0 Å². The van der Waals surface area contributed by atoms with E-state index in [-0.39, 0.29) is 5.69 Å². The lowest BCUT2D eigenvalue weighted by atomic mass is 10.7. The predicted octanol–water partition coefficient (Wildman–Crippen LogP) is 0.195. The van der Waals surface area contributed by atoms with Crippen molar-refractivity contribution >= 4 is 11.8 Å². The van der Waals surface area contributed by atoms with Crippen LogP contribution in [0.2, 0.25) is 0 Å². The maximum absolute atomic E-state index is 10.6. The highest BCUT2D eigenvalue weighted by Gasteiger charge is 1.94. The largest absolute Gasteiger partial charge is 0.348 e. The van der Waals surface area contributed by atoms with Gasteiger partial charge in [-0.3, -0.25) is 4.98 Å². The Morgan fingerprint density at radius 1 is 1.50 bits per heavy atom. The minimum atomic E-state index is -0.336. The minimum absolute atomic E-state index is 0.336. The van der Waals surface area contributed by atoms with Gasteiger partial charge in [0.25, 0.3) is 0 Å². The first-order chi connectivity index (χ1) is 4.72. The zero-order chi connectivity index (χ0) is 7.56. The van der Waals surface area contributed by atoms with Crippen molar-refractivity contribution in [2.24, 2.45) is 0 Å². The van der Waals surface area contributed by atoms with Crippen molar-refractivity contribution in [3.8, 4) is 0 Å². The molecule has 0 spiro atoms. The molecule has 0 amide bonds. The van der Waals surface area contributed by atoms with Gasteiger partial charge in [0.05, 0.1) is 0 Å². The van der Waals surface area contributed by atoms with Crippen LogP contribution in [0.5, 0.6) is 0 Å². The summed E-state index contributed by atoms with van der Waals surface area (Å²) in [5.41, 5.74) is -0.336. The van der Waals surface area contributed by atoms with E-state index in [1.54, 1.807) is 6.92 Å². The Labute approximate surface area is 62.1 Å². The van der Waals surface area contributed by atoms with E-state index in [1.165, 1.54) is 11.8 Å². The van der Waals surface area contributed by atoms with Crippen LogP contribution in [0.1, 0.15) is 5.82 Å². The number of nitrogens with one attached hydrogen (secondary N) is 1. The smallest absolute Gasteiger partial charge is 0.294 e. The second kappa shape index (κ2) is 2.83. The summed E-state index contributed by atoms with van der Waals surface area (Å²) < 4.78 is 0. The lowest BCUT2D eigenvalue weighted by Crippen LogP contribution is -2.13. The fourth-order valence-corrected chi connectivity index (χ4v) is 0.960. The average Bonchev–Trinajstić information content (AvgIpc) is 1.85. The number of thioether (sulfide) groups is 1. The summed E-state index contributed by atoms with van der Waals surface area (Å²) in [5.74, 6) is 0.601. The third kappa shape index (κ3) is 1.57. The first-order valence-corrected chi connectivity index (χ1v) is 3.94. The molecule has 0 bridgehead atoms. The van der Waals surface area contributed by atoms with Crippen LogP contribution >= 0.6 is 11.8 Å². The van der Waals surface area contributed by atoms with Crippen LogP contribution in [0.25, 0.3) is 0 Å². The monoisotopic (exact) mass is 157 g/mol. The van der Waals surface area contributed by atoms with E-state index in [0.717, 1.165) is 0 Å². The second-order valence-electron chi connectivity index (χ2n) is 1.73. The molecule has 10 heavy (non-hydrogen) atoms. The molecule has 1 rings (SSSR count). The minimum Gasteiger partial charge on any atom is -0.294 e. The highest BCUT2D eigenvalue weighted by molar-refractivity contribution is 7.98. The van der Waals surface area contributed by atoms with E-state index in [1.807, 2.05) is 6.26 Å². The fraction of sp³-hybridized carbons (Fsp3) is 0.400. The highest BCUT2D eigenvalue weighted by Crippen LogP contribution is 2.02. The topological polar surface area (TPSA) is 58.6 Å². The first-order valence-electron chi connectivity index (χ1n) is 2.71. The normalized spacial score (nSPS) is 9.80. The van der Waals surface area contributed by atoms with E-state index in [4.69, 9.17) is 0 Å². The number of H-pyrrole nitrogens is 1. The lowest BCUT2D eigenvalue weighted by Gasteiger charge is -1.92. The number of aryl methyl sites for hydroxylation is 1. The molecule has 0 saturated heterocycles. The molecule has 1 heterocycles. The summed E-state index contributed by atoms with van der Waals surface area (Å²) in [7, 11) is 0. The van der Waals surface area contributed by atoms with Crippen molar-refractivity contribution in [3.05, 3.63) is 16.3 Å². The zero-order valence-corrected chi connectivity index (χ0v) is 6.53. The van der Waals surface area contributed by atoms with Crippen molar-refractivity contribution in [1.82, 2.24) is 15.0 Å². The molecular formula is C5H7N3OS. The van der Waals surface area contributed by atoms with Crippen LogP contribution in [-0.2, 0) is 0 Å². The van der Waals surface area contributed by atoms with Crippen LogP contribution in [0.4, 0.5) is 0 Å². The van der Waals surface area contributed by atoms with Crippen molar-refractivity contribution in [1.29, 1.82) is 0 Å². The molecule has 1 N–H and O–H groups in total. The van der Waals surface area contributed by atoms with Gasteiger partial charge in [0.1, 0.15) is 5.82 Å². The van der Waals surface area contributed by atoms with Crippen LogP contribution < -0.4 is 5.69 Å². The first kappa shape index (κ1) is 7.27. The van der Waals surface area contributed by atoms with Crippen LogP contribution in [0, 0.1) is 6.92 Å². The van der Waals surface area contributed by atoms with Gasteiger partial charge in [-0.1, -0.05) is 11.8 Å². The second-order valence-corrected chi connectivity index (χ2v) is 2.50. The maximum atomic E-state index is 10.6. The van der Waals surface area contributed by atoms with Crippen LogP contribution in [0.3, 0.4) is 0 Å². The molecule has 0 fully saturated rings. The highest BCUT2D eigenvalue weighted by atomic mass is 32.2. The summed E-state index contributed by atoms with van der Waals surface area (Å²) in [6.45, 7) is 1.72. The van der Waals surface area contributed by atoms with Gasteiger partial charge in [-0.25, -0.2) is 9.78 Å². The zero-order valence-electron chi connectivity index (χ0n) is 5.71. The quantitative estimate of drug-likeness (QED) is 0.591. The van der Waals surface area contributed by atoms with Crippen LogP contribution in [-0.4, -0.2) is 21.2 Å². The Balaban J connectivity index is 3.19. The molecule has 0 aliphatic carbocycles. The summed E-state index contributed by atoms with van der Waals surface area (Å²) in [6.07, 6.45) is 1.83. The molecule has 5 heteroatoms. The number of aromatic amines is 1. The van der Waals surface area contributed by atoms with E-state index in [9.17, 15) is 4.79 Å². The van der Waals surface area contributed by atoms with Gasteiger partial charge in [-0.15, -0.1) is 0 Å². The molecule has 0 aliphatic heterocycles. The van der Waals surface area contributed by atoms with E-state index in [2.05, 4.69) is 15.0 Å². The summed E-state index contributed by atoms with van der Waals surface area (Å²) in [6, 6.07) is 0. The maximum Gasteiger partial charge on any atom is 0.348 e. The third-order valence-corrected chi connectivity index (χ3v) is 1.48. The lowest BCUT2D eigenvalue weighted by molar-refractivity contribution is 0.822. The number of hydrogen-bond donors (Lipinski definition) is 1. The molecule has 4 nitrogen and oxygen atoms in total. The molecule has 1 aromatic heterocycles. The van der Waals surface area contributed by atoms with Crippen molar-refractivity contribution in [2.75, 3.05) is 6.26 Å². The molecule has 0 aliphatic rings. The van der Waals surface area contributed by atoms with E-state index >= 15 is 0 Å². The van der Waals surface area contributed by atoms with Gasteiger partial charge in [0, 0.05) is 0 Å². The Hall–Kier alpha value is -0.840. The molecule has 54 valence electrons. The van der Waals surface area contributed by atoms with Gasteiger partial charge in [0.2, 0.25) is 0 Å². The van der Waals surface area contributed by atoms with Crippen molar-refractivity contribution < 1.29 is 0 Å². The third-order valence-electron chi connectivity index (χ3n) is 0.931. The predicted molar refractivity (Wildman–Crippen MR) is 39.2 cm³/mol. The van der Waals surface area contributed by atoms with E-state index < -0.39 is 0 Å². The number of hydrogen-bond acceptors (Lipinski definition) is 4. The molecule has 1 aromatic rings. The molecule has 0 radical (unpaired) electrons. The summed E-state index contributed by atoms with van der Waals surface area (Å²) in [4.78, 5) is 20.6. The summed E-state index contributed by atoms with van der Waals surface area (Å²) in [5, 5.41) is 0.515. The fourth-order valence-electron chi connectivity index (χ4n) is 0.557. The van der Waals surface area contributed by atoms with Gasteiger partial charge < -0.3 is 0 Å². The van der Waals surface area contributed by atoms with Crippen LogP contribution in [0.15, 0.2) is 9.95 Å².